The van der Waals surface area contributed by atoms with E-state index in [0.717, 1.165) is 0 Å². The van der Waals surface area contributed by atoms with Gasteiger partial charge in [0.2, 0.25) is 0 Å². The number of hydrogen-bond donors (Lipinski definition) is 2. The van der Waals surface area contributed by atoms with Crippen LogP contribution in [0.3, 0.4) is 0 Å². The summed E-state index contributed by atoms with van der Waals surface area (Å²) in [4.78, 5) is 4.01. The van der Waals surface area contributed by atoms with Crippen LogP contribution in [0, 0.1) is 0 Å². The Balaban J connectivity index is 2.12. The van der Waals surface area contributed by atoms with E-state index in [4.69, 9.17) is 4.74 Å². The van der Waals surface area contributed by atoms with E-state index < -0.39 is 6.10 Å². The summed E-state index contributed by atoms with van der Waals surface area (Å²) in [6.45, 7) is 1.88. The summed E-state index contributed by atoms with van der Waals surface area (Å²) in [5, 5.41) is 20.6. The van der Waals surface area contributed by atoms with Crippen molar-refractivity contribution in [3.8, 4) is 11.5 Å². The number of aliphatic hydroxyl groups is 1. The highest BCUT2D eigenvalue weighted by atomic mass is 79.9. The number of aromatic nitrogens is 2. The highest BCUT2D eigenvalue weighted by Crippen LogP contribution is 2.50. The third kappa shape index (κ3) is 2.04. The van der Waals surface area contributed by atoms with Gasteiger partial charge in [0, 0.05) is 18.0 Å². The largest absolute Gasteiger partial charge is 0.505 e. The summed E-state index contributed by atoms with van der Waals surface area (Å²) in [5.41, 5.74) is 0.623. The van der Waals surface area contributed by atoms with Crippen LogP contribution in [0.1, 0.15) is 24.6 Å². The van der Waals surface area contributed by atoms with E-state index in [1.807, 2.05) is 11.5 Å². The minimum atomic E-state index is -0.754. The molecule has 1 aromatic heterocycles. The maximum absolute atomic E-state index is 10.7. The standard InChI is InChI=1S/C13H12Br2N2O3/c1-6-10(17-3-2-16-5-17)11(18)7-4-8(14)12(19)9(15)13(7)20-6/h2-6,10-11,18-19H,1H3. The second kappa shape index (κ2) is 5.05. The summed E-state index contributed by atoms with van der Waals surface area (Å²) in [5.74, 6) is 0.534. The van der Waals surface area contributed by atoms with E-state index in [-0.39, 0.29) is 17.9 Å². The zero-order chi connectivity index (χ0) is 14.4. The van der Waals surface area contributed by atoms with Crippen molar-refractivity contribution in [2.24, 2.45) is 0 Å². The number of phenols is 1. The number of ether oxygens (including phenoxy) is 1. The molecule has 5 nitrogen and oxygen atoms in total. The molecule has 2 N–H and O–H groups in total. The Morgan fingerprint density at radius 2 is 2.15 bits per heavy atom. The molecule has 0 amide bonds. The zero-order valence-corrected chi connectivity index (χ0v) is 13.7. The van der Waals surface area contributed by atoms with Crippen molar-refractivity contribution < 1.29 is 14.9 Å². The van der Waals surface area contributed by atoms with Gasteiger partial charge in [0.05, 0.1) is 10.8 Å². The SMILES string of the molecule is CC1Oc2c(cc(Br)c(O)c2Br)C(O)C1n1ccnc1. The second-order valence-electron chi connectivity index (χ2n) is 4.71. The molecule has 2 aromatic rings. The van der Waals surface area contributed by atoms with Gasteiger partial charge in [-0.15, -0.1) is 0 Å². The van der Waals surface area contributed by atoms with Gasteiger partial charge in [0.15, 0.2) is 0 Å². The molecule has 7 heteroatoms. The Bertz CT molecular complexity index is 646. The lowest BCUT2D eigenvalue weighted by molar-refractivity contribution is 0.0143. The first-order valence-electron chi connectivity index (χ1n) is 6.03. The monoisotopic (exact) mass is 402 g/mol. The topological polar surface area (TPSA) is 67.5 Å². The average Bonchev–Trinajstić information content (AvgIpc) is 2.92. The van der Waals surface area contributed by atoms with Crippen molar-refractivity contribution in [3.05, 3.63) is 39.3 Å². The van der Waals surface area contributed by atoms with Crippen LogP contribution in [0.15, 0.2) is 33.7 Å². The van der Waals surface area contributed by atoms with Crippen LogP contribution >= 0.6 is 31.9 Å². The van der Waals surface area contributed by atoms with E-state index >= 15 is 0 Å². The van der Waals surface area contributed by atoms with Gasteiger partial charge in [-0.25, -0.2) is 4.98 Å². The van der Waals surface area contributed by atoms with Gasteiger partial charge in [-0.2, -0.15) is 0 Å². The molecule has 0 spiro atoms. The number of imidazole rings is 1. The normalized spacial score (nSPS) is 25.1. The number of benzene rings is 1. The van der Waals surface area contributed by atoms with Crippen LogP contribution in [0.4, 0.5) is 0 Å². The van der Waals surface area contributed by atoms with Gasteiger partial charge in [-0.05, 0) is 44.8 Å². The van der Waals surface area contributed by atoms with Gasteiger partial charge in [0.1, 0.15) is 34.2 Å². The predicted molar refractivity (Wildman–Crippen MR) is 79.8 cm³/mol. The van der Waals surface area contributed by atoms with Crippen LogP contribution < -0.4 is 4.74 Å². The van der Waals surface area contributed by atoms with Gasteiger partial charge < -0.3 is 19.5 Å². The van der Waals surface area contributed by atoms with Crippen LogP contribution in [-0.4, -0.2) is 25.9 Å². The molecule has 2 heterocycles. The Morgan fingerprint density at radius 1 is 1.40 bits per heavy atom. The molecule has 1 aliphatic heterocycles. The van der Waals surface area contributed by atoms with Gasteiger partial charge in [-0.3, -0.25) is 0 Å². The fourth-order valence-electron chi connectivity index (χ4n) is 2.50. The fraction of sp³-hybridized carbons (Fsp3) is 0.308. The van der Waals surface area contributed by atoms with E-state index in [9.17, 15) is 10.2 Å². The first kappa shape index (κ1) is 13.9. The molecule has 0 saturated carbocycles. The molecule has 0 saturated heterocycles. The third-order valence-corrected chi connectivity index (χ3v) is 4.81. The van der Waals surface area contributed by atoms with Crippen molar-refractivity contribution in [2.75, 3.05) is 0 Å². The minimum Gasteiger partial charge on any atom is -0.505 e. The Morgan fingerprint density at radius 3 is 2.80 bits per heavy atom. The molecule has 3 unspecified atom stereocenters. The zero-order valence-electron chi connectivity index (χ0n) is 10.5. The van der Waals surface area contributed by atoms with Crippen LogP contribution in [0.5, 0.6) is 11.5 Å². The van der Waals surface area contributed by atoms with Crippen molar-refractivity contribution >= 4 is 31.9 Å². The molecule has 0 radical (unpaired) electrons. The number of fused-ring (bicyclic) bond motifs is 1. The number of nitrogens with zero attached hydrogens (tertiary/aromatic N) is 2. The Hall–Kier alpha value is -1.05. The molecule has 1 aromatic carbocycles. The molecule has 106 valence electrons. The van der Waals surface area contributed by atoms with E-state index in [0.29, 0.717) is 20.3 Å². The van der Waals surface area contributed by atoms with Crippen LogP contribution in [0.25, 0.3) is 0 Å². The molecule has 3 rings (SSSR count). The quantitative estimate of drug-likeness (QED) is 0.767. The molecular weight excluding hydrogens is 392 g/mol. The van der Waals surface area contributed by atoms with Crippen molar-refractivity contribution in [2.45, 2.75) is 25.2 Å². The van der Waals surface area contributed by atoms with Gasteiger partial charge >= 0.3 is 0 Å². The summed E-state index contributed by atoms with van der Waals surface area (Å²) >= 11 is 6.58. The maximum atomic E-state index is 10.7. The van der Waals surface area contributed by atoms with Crippen molar-refractivity contribution in [1.29, 1.82) is 0 Å². The predicted octanol–water partition coefficient (Wildman–Crippen LogP) is 3.17. The lowest BCUT2D eigenvalue weighted by Crippen LogP contribution is -2.35. The summed E-state index contributed by atoms with van der Waals surface area (Å²) in [6, 6.07) is 1.41. The van der Waals surface area contributed by atoms with Crippen LogP contribution in [-0.2, 0) is 0 Å². The smallest absolute Gasteiger partial charge is 0.147 e. The third-order valence-electron chi connectivity index (χ3n) is 3.47. The summed E-state index contributed by atoms with van der Waals surface area (Å²) in [7, 11) is 0. The van der Waals surface area contributed by atoms with E-state index in [2.05, 4.69) is 36.8 Å². The molecule has 20 heavy (non-hydrogen) atoms. The number of phenolic OH excluding ortho intramolecular Hbond substituents is 1. The van der Waals surface area contributed by atoms with Crippen LogP contribution in [0.2, 0.25) is 0 Å². The highest BCUT2D eigenvalue weighted by molar-refractivity contribution is 9.11. The van der Waals surface area contributed by atoms with Crippen molar-refractivity contribution in [1.82, 2.24) is 9.55 Å². The number of halogens is 2. The molecular formula is C13H12Br2N2O3. The lowest BCUT2D eigenvalue weighted by atomic mass is 9.94. The Kier molecular flexibility index (Phi) is 3.51. The van der Waals surface area contributed by atoms with Gasteiger partial charge in [-0.1, -0.05) is 0 Å². The molecule has 0 aliphatic carbocycles. The van der Waals surface area contributed by atoms with Crippen molar-refractivity contribution in [3.63, 3.8) is 0 Å². The highest BCUT2D eigenvalue weighted by Gasteiger charge is 2.38. The average molecular weight is 404 g/mol. The molecule has 3 atom stereocenters. The molecule has 0 fully saturated rings. The van der Waals surface area contributed by atoms with E-state index in [1.54, 1.807) is 24.8 Å². The fourth-order valence-corrected chi connectivity index (χ4v) is 3.74. The second-order valence-corrected chi connectivity index (χ2v) is 6.35. The van der Waals surface area contributed by atoms with E-state index in [1.165, 1.54) is 0 Å². The Labute approximate surface area is 132 Å². The van der Waals surface area contributed by atoms with Gasteiger partial charge in [0.25, 0.3) is 0 Å². The maximum Gasteiger partial charge on any atom is 0.147 e. The summed E-state index contributed by atoms with van der Waals surface area (Å²) < 4.78 is 8.64. The number of rotatable bonds is 1. The lowest BCUT2D eigenvalue weighted by Gasteiger charge is -2.36. The number of hydrogen-bond acceptors (Lipinski definition) is 4. The molecule has 0 bridgehead atoms. The number of aromatic hydroxyl groups is 1. The summed E-state index contributed by atoms with van der Waals surface area (Å²) in [6.07, 6.45) is 4.10. The molecule has 1 aliphatic rings. The first-order chi connectivity index (χ1) is 9.50. The first-order valence-corrected chi connectivity index (χ1v) is 7.62. The minimum absolute atomic E-state index is 0.0595. The number of aliphatic hydroxyl groups excluding tert-OH is 1.